The number of phenols is 1. The zero-order chi connectivity index (χ0) is 19.1. The maximum atomic E-state index is 11.6. The third-order valence-electron chi connectivity index (χ3n) is 4.96. The second-order valence-electron chi connectivity index (χ2n) is 6.72. The van der Waals surface area contributed by atoms with Gasteiger partial charge in [0.2, 0.25) is 0 Å². The van der Waals surface area contributed by atoms with Gasteiger partial charge in [0.15, 0.2) is 0 Å². The smallest absolute Gasteiger partial charge is 0.336 e. The van der Waals surface area contributed by atoms with Gasteiger partial charge in [0, 0.05) is 23.6 Å². The van der Waals surface area contributed by atoms with E-state index in [4.69, 9.17) is 9.15 Å². The SMILES string of the molecule is COc1ccccc1C1CC(c2c(C)cc3oc(=O)cc(C)c3c2O)=NN1. The van der Waals surface area contributed by atoms with Crippen molar-refractivity contribution in [3.05, 3.63) is 69.1 Å². The van der Waals surface area contributed by atoms with Crippen LogP contribution in [0.3, 0.4) is 0 Å². The van der Waals surface area contributed by atoms with E-state index in [1.54, 1.807) is 20.1 Å². The average Bonchev–Trinajstić information content (AvgIpc) is 3.10. The monoisotopic (exact) mass is 364 g/mol. The highest BCUT2D eigenvalue weighted by Gasteiger charge is 2.27. The first-order chi connectivity index (χ1) is 13.0. The van der Waals surface area contributed by atoms with Crippen LogP contribution >= 0.6 is 0 Å². The molecule has 27 heavy (non-hydrogen) atoms. The summed E-state index contributed by atoms with van der Waals surface area (Å²) >= 11 is 0. The highest BCUT2D eigenvalue weighted by atomic mass is 16.5. The van der Waals surface area contributed by atoms with Crippen LogP contribution < -0.4 is 15.8 Å². The number of aryl methyl sites for hydroxylation is 2. The molecule has 6 nitrogen and oxygen atoms in total. The lowest BCUT2D eigenvalue weighted by atomic mass is 9.93. The number of rotatable bonds is 3. The van der Waals surface area contributed by atoms with E-state index in [1.165, 1.54) is 6.07 Å². The van der Waals surface area contributed by atoms with Gasteiger partial charge in [0.1, 0.15) is 17.1 Å². The van der Waals surface area contributed by atoms with Crippen LogP contribution in [0.25, 0.3) is 11.0 Å². The molecule has 3 aromatic rings. The normalized spacial score (nSPS) is 16.3. The third kappa shape index (κ3) is 2.83. The van der Waals surface area contributed by atoms with Crippen LogP contribution in [-0.4, -0.2) is 17.9 Å². The molecule has 1 aliphatic rings. The van der Waals surface area contributed by atoms with E-state index >= 15 is 0 Å². The first-order valence-corrected chi connectivity index (χ1v) is 8.72. The average molecular weight is 364 g/mol. The van der Waals surface area contributed by atoms with Crippen molar-refractivity contribution < 1.29 is 14.3 Å². The molecule has 0 amide bonds. The van der Waals surface area contributed by atoms with Crippen molar-refractivity contribution in [2.24, 2.45) is 5.10 Å². The molecule has 0 bridgehead atoms. The molecular formula is C21H20N2O4. The molecule has 2 N–H and O–H groups in total. The van der Waals surface area contributed by atoms with E-state index in [9.17, 15) is 9.90 Å². The molecule has 2 heterocycles. The maximum Gasteiger partial charge on any atom is 0.336 e. The molecule has 0 spiro atoms. The number of nitrogens with one attached hydrogen (secondary N) is 1. The fourth-order valence-corrected chi connectivity index (χ4v) is 3.71. The van der Waals surface area contributed by atoms with Gasteiger partial charge < -0.3 is 19.7 Å². The van der Waals surface area contributed by atoms with Crippen LogP contribution in [0.2, 0.25) is 0 Å². The highest BCUT2D eigenvalue weighted by molar-refractivity contribution is 6.09. The summed E-state index contributed by atoms with van der Waals surface area (Å²) in [5.74, 6) is 0.885. The Labute approximate surface area is 156 Å². The molecule has 2 aromatic carbocycles. The van der Waals surface area contributed by atoms with Gasteiger partial charge in [-0.2, -0.15) is 5.10 Å². The van der Waals surface area contributed by atoms with Crippen molar-refractivity contribution >= 4 is 16.7 Å². The van der Waals surface area contributed by atoms with Crippen molar-refractivity contribution in [2.75, 3.05) is 7.11 Å². The summed E-state index contributed by atoms with van der Waals surface area (Å²) in [6.07, 6.45) is 0.607. The van der Waals surface area contributed by atoms with E-state index in [-0.39, 0.29) is 11.8 Å². The molecule has 4 rings (SSSR count). The Bertz CT molecular complexity index is 1130. The van der Waals surface area contributed by atoms with E-state index < -0.39 is 5.63 Å². The summed E-state index contributed by atoms with van der Waals surface area (Å²) in [4.78, 5) is 11.6. The number of benzene rings is 2. The molecule has 138 valence electrons. The largest absolute Gasteiger partial charge is 0.506 e. The molecule has 0 fully saturated rings. The quantitative estimate of drug-likeness (QED) is 0.694. The molecule has 0 aliphatic carbocycles. The first-order valence-electron chi connectivity index (χ1n) is 8.72. The number of ether oxygens (including phenoxy) is 1. The number of nitrogens with zero attached hydrogens (tertiary/aromatic N) is 1. The van der Waals surface area contributed by atoms with E-state index in [0.29, 0.717) is 28.5 Å². The van der Waals surface area contributed by atoms with Crippen molar-refractivity contribution in [2.45, 2.75) is 26.3 Å². The van der Waals surface area contributed by atoms with Gasteiger partial charge in [-0.15, -0.1) is 0 Å². The second-order valence-corrected chi connectivity index (χ2v) is 6.72. The van der Waals surface area contributed by atoms with Gasteiger partial charge in [-0.3, -0.25) is 0 Å². The number of hydrogen-bond acceptors (Lipinski definition) is 6. The number of para-hydroxylation sites is 1. The second kappa shape index (κ2) is 6.46. The van der Waals surface area contributed by atoms with E-state index in [1.807, 2.05) is 31.2 Å². The van der Waals surface area contributed by atoms with Crippen LogP contribution in [0.5, 0.6) is 11.5 Å². The predicted octanol–water partition coefficient (Wildman–Crippen LogP) is 3.56. The minimum absolute atomic E-state index is 0.0413. The number of hydrazone groups is 1. The van der Waals surface area contributed by atoms with Gasteiger partial charge in [-0.1, -0.05) is 18.2 Å². The Kier molecular flexibility index (Phi) is 4.11. The van der Waals surface area contributed by atoms with Gasteiger partial charge in [-0.25, -0.2) is 4.79 Å². The molecule has 1 aromatic heterocycles. The molecule has 0 radical (unpaired) electrons. The summed E-state index contributed by atoms with van der Waals surface area (Å²) in [6.45, 7) is 3.65. The fourth-order valence-electron chi connectivity index (χ4n) is 3.71. The van der Waals surface area contributed by atoms with Crippen LogP contribution in [0.4, 0.5) is 0 Å². The van der Waals surface area contributed by atoms with Crippen LogP contribution in [0, 0.1) is 13.8 Å². The Morgan fingerprint density at radius 2 is 2.00 bits per heavy atom. The summed E-state index contributed by atoms with van der Waals surface area (Å²) in [5.41, 5.74) is 7.01. The zero-order valence-corrected chi connectivity index (χ0v) is 15.4. The summed E-state index contributed by atoms with van der Waals surface area (Å²) in [6, 6.07) is 10.9. The van der Waals surface area contributed by atoms with Gasteiger partial charge >= 0.3 is 5.63 Å². The number of aromatic hydroxyl groups is 1. The lowest BCUT2D eigenvalue weighted by molar-refractivity contribution is 0.402. The summed E-state index contributed by atoms with van der Waals surface area (Å²) in [7, 11) is 1.64. The number of fused-ring (bicyclic) bond motifs is 1. The van der Waals surface area contributed by atoms with Crippen LogP contribution in [0.15, 0.2) is 50.7 Å². The Morgan fingerprint density at radius 3 is 2.78 bits per heavy atom. The highest BCUT2D eigenvalue weighted by Crippen LogP contribution is 2.37. The van der Waals surface area contributed by atoms with Crippen molar-refractivity contribution in [1.29, 1.82) is 0 Å². The minimum atomic E-state index is -0.428. The van der Waals surface area contributed by atoms with Gasteiger partial charge in [-0.05, 0) is 37.1 Å². The molecule has 1 unspecified atom stereocenters. The molecule has 0 saturated heterocycles. The lowest BCUT2D eigenvalue weighted by Crippen LogP contribution is -2.11. The topological polar surface area (TPSA) is 84.1 Å². The summed E-state index contributed by atoms with van der Waals surface area (Å²) in [5, 5.41) is 15.9. The molecular weight excluding hydrogens is 344 g/mol. The predicted molar refractivity (Wildman–Crippen MR) is 104 cm³/mol. The van der Waals surface area contributed by atoms with Crippen LogP contribution in [0.1, 0.15) is 34.7 Å². The number of methoxy groups -OCH3 is 1. The molecule has 0 saturated carbocycles. The number of phenolic OH excluding ortho intramolecular Hbond substituents is 1. The van der Waals surface area contributed by atoms with E-state index in [0.717, 1.165) is 22.6 Å². The first kappa shape index (κ1) is 17.1. The Morgan fingerprint density at radius 1 is 1.22 bits per heavy atom. The zero-order valence-electron chi connectivity index (χ0n) is 15.4. The van der Waals surface area contributed by atoms with Crippen molar-refractivity contribution in [1.82, 2.24) is 5.43 Å². The minimum Gasteiger partial charge on any atom is -0.506 e. The third-order valence-corrected chi connectivity index (χ3v) is 4.96. The Hall–Kier alpha value is -3.28. The maximum absolute atomic E-state index is 11.6. The van der Waals surface area contributed by atoms with Gasteiger partial charge in [0.25, 0.3) is 0 Å². The lowest BCUT2D eigenvalue weighted by Gasteiger charge is -2.15. The molecule has 1 aliphatic heterocycles. The fraction of sp³-hybridized carbons (Fsp3) is 0.238. The standard InChI is InChI=1S/C21H20N2O4/c1-11-8-17-20(12(2)9-18(24)27-17)21(25)19(11)15-10-14(22-23-15)13-6-4-5-7-16(13)26-3/h4-9,14,22,25H,10H2,1-3H3. The molecule has 6 heteroatoms. The summed E-state index contributed by atoms with van der Waals surface area (Å²) < 4.78 is 10.7. The van der Waals surface area contributed by atoms with Crippen molar-refractivity contribution in [3.63, 3.8) is 0 Å². The number of hydrogen-bond donors (Lipinski definition) is 2. The molecule has 1 atom stereocenters. The van der Waals surface area contributed by atoms with E-state index in [2.05, 4.69) is 10.5 Å². The van der Waals surface area contributed by atoms with Gasteiger partial charge in [0.05, 0.1) is 24.2 Å². The van der Waals surface area contributed by atoms with Crippen molar-refractivity contribution in [3.8, 4) is 11.5 Å². The van der Waals surface area contributed by atoms with Crippen LogP contribution in [-0.2, 0) is 0 Å². The Balaban J connectivity index is 1.77.